The maximum absolute atomic E-state index is 14.9. The maximum Gasteiger partial charge on any atom is 0.274 e. The van der Waals surface area contributed by atoms with E-state index in [1.54, 1.807) is 6.07 Å². The van der Waals surface area contributed by atoms with Gasteiger partial charge in [-0.2, -0.15) is 5.26 Å². The summed E-state index contributed by atoms with van der Waals surface area (Å²) in [5.74, 6) is -0.153. The molecule has 3 N–H and O–H groups in total. The quantitative estimate of drug-likeness (QED) is 0.803. The number of halogens is 1. The molecule has 4 rings (SSSR count). The second-order valence-corrected chi connectivity index (χ2v) is 7.94. The third-order valence-electron chi connectivity index (χ3n) is 5.18. The van der Waals surface area contributed by atoms with Gasteiger partial charge in [-0.25, -0.2) is 9.37 Å². The zero-order valence-corrected chi connectivity index (χ0v) is 16.2. The normalized spacial score (nSPS) is 23.4. The molecule has 3 heterocycles. The highest BCUT2D eigenvalue weighted by Gasteiger charge is 2.47. The fourth-order valence-corrected chi connectivity index (χ4v) is 4.65. The number of nitrogens with one attached hydrogen (secondary N) is 1. The van der Waals surface area contributed by atoms with Crippen molar-refractivity contribution in [3.05, 3.63) is 59.2 Å². The number of ether oxygens (including phenoxy) is 1. The van der Waals surface area contributed by atoms with Crippen molar-refractivity contribution in [1.82, 2.24) is 4.98 Å². The van der Waals surface area contributed by atoms with Crippen LogP contribution in [0.1, 0.15) is 28.0 Å². The van der Waals surface area contributed by atoms with E-state index >= 15 is 0 Å². The minimum Gasteiger partial charge on any atom is -0.381 e. The predicted molar refractivity (Wildman–Crippen MR) is 108 cm³/mol. The number of anilines is 1. The standard InChI is InChI=1S/C20H18FN5O2S/c21-16-3-2-14(25-18(27)17-4-1-12(8-22)9-24-17)7-15(16)20-5-6-28-10-13(20)11-29-19(23)26-20/h1-4,7,9,13H,5-6,10-11H2,(H2,23,26)(H,25,27). The summed E-state index contributed by atoms with van der Waals surface area (Å²) in [6.45, 7) is 0.943. The summed E-state index contributed by atoms with van der Waals surface area (Å²) >= 11 is 1.44. The van der Waals surface area contributed by atoms with Crippen LogP contribution >= 0.6 is 11.8 Å². The molecule has 1 saturated heterocycles. The van der Waals surface area contributed by atoms with E-state index in [0.717, 1.165) is 0 Å². The minimum absolute atomic E-state index is 0.00538. The third-order valence-corrected chi connectivity index (χ3v) is 6.14. The average Bonchev–Trinajstić information content (AvgIpc) is 2.74. The summed E-state index contributed by atoms with van der Waals surface area (Å²) in [7, 11) is 0. The molecule has 2 atom stereocenters. The second kappa shape index (κ2) is 7.81. The first kappa shape index (κ1) is 19.4. The Bertz CT molecular complexity index is 1020. The molecule has 2 aliphatic heterocycles. The van der Waals surface area contributed by atoms with Gasteiger partial charge in [0.1, 0.15) is 17.6 Å². The van der Waals surface area contributed by atoms with Crippen molar-refractivity contribution in [2.75, 3.05) is 24.3 Å². The lowest BCUT2D eigenvalue weighted by Crippen LogP contribution is -2.47. The Labute approximate surface area is 171 Å². The van der Waals surface area contributed by atoms with Crippen LogP contribution in [-0.4, -0.2) is 35.0 Å². The first-order chi connectivity index (χ1) is 14.0. The van der Waals surface area contributed by atoms with Crippen LogP contribution in [0.3, 0.4) is 0 Å². The molecule has 0 bridgehead atoms. The molecule has 0 aliphatic carbocycles. The van der Waals surface area contributed by atoms with Gasteiger partial charge in [0, 0.05) is 42.1 Å². The summed E-state index contributed by atoms with van der Waals surface area (Å²) in [6, 6.07) is 9.37. The largest absolute Gasteiger partial charge is 0.381 e. The van der Waals surface area contributed by atoms with Crippen LogP contribution in [0.5, 0.6) is 0 Å². The molecule has 0 spiro atoms. The number of rotatable bonds is 3. The molecule has 29 heavy (non-hydrogen) atoms. The van der Waals surface area contributed by atoms with Crippen LogP contribution in [0.4, 0.5) is 10.1 Å². The second-order valence-electron chi connectivity index (χ2n) is 6.90. The van der Waals surface area contributed by atoms with E-state index in [9.17, 15) is 9.18 Å². The minimum atomic E-state index is -0.800. The Morgan fingerprint density at radius 1 is 1.41 bits per heavy atom. The number of nitrogens with two attached hydrogens (primary N) is 1. The number of benzene rings is 1. The van der Waals surface area contributed by atoms with Gasteiger partial charge in [0.25, 0.3) is 5.91 Å². The Morgan fingerprint density at radius 3 is 3.03 bits per heavy atom. The number of fused-ring (bicyclic) bond motifs is 1. The molecule has 1 aromatic carbocycles. The number of nitrogens with zero attached hydrogens (tertiary/aromatic N) is 3. The Kier molecular flexibility index (Phi) is 5.22. The van der Waals surface area contributed by atoms with E-state index in [2.05, 4.69) is 15.3 Å². The number of hydrogen-bond acceptors (Lipinski definition) is 7. The fourth-order valence-electron chi connectivity index (χ4n) is 3.68. The number of pyridine rings is 1. The van der Waals surface area contributed by atoms with E-state index in [1.807, 2.05) is 6.07 Å². The molecule has 0 radical (unpaired) electrons. The summed E-state index contributed by atoms with van der Waals surface area (Å²) < 4.78 is 20.5. The van der Waals surface area contributed by atoms with Crippen molar-refractivity contribution < 1.29 is 13.9 Å². The van der Waals surface area contributed by atoms with E-state index in [1.165, 1.54) is 42.2 Å². The zero-order valence-electron chi connectivity index (χ0n) is 15.4. The molecule has 1 amide bonds. The molecular formula is C20H18FN5O2S. The number of aromatic nitrogens is 1. The molecule has 148 valence electrons. The van der Waals surface area contributed by atoms with Gasteiger partial charge in [-0.1, -0.05) is 11.8 Å². The van der Waals surface area contributed by atoms with Gasteiger partial charge < -0.3 is 15.8 Å². The van der Waals surface area contributed by atoms with E-state index < -0.39 is 17.3 Å². The van der Waals surface area contributed by atoms with Gasteiger partial charge in [-0.05, 0) is 30.3 Å². The van der Waals surface area contributed by atoms with Crippen molar-refractivity contribution in [3.8, 4) is 6.07 Å². The first-order valence-electron chi connectivity index (χ1n) is 9.05. The van der Waals surface area contributed by atoms with Gasteiger partial charge in [0.05, 0.1) is 17.7 Å². The highest BCUT2D eigenvalue weighted by Crippen LogP contribution is 2.46. The van der Waals surface area contributed by atoms with E-state index in [0.29, 0.717) is 47.4 Å². The molecule has 1 fully saturated rings. The molecule has 1 aromatic heterocycles. The number of aliphatic imine (C=N–C) groups is 1. The van der Waals surface area contributed by atoms with Crippen molar-refractivity contribution in [2.45, 2.75) is 12.0 Å². The van der Waals surface area contributed by atoms with Crippen LogP contribution in [-0.2, 0) is 10.3 Å². The van der Waals surface area contributed by atoms with Gasteiger partial charge >= 0.3 is 0 Å². The Hall–Kier alpha value is -2.96. The van der Waals surface area contributed by atoms with Gasteiger partial charge in [-0.3, -0.25) is 9.79 Å². The molecule has 9 heteroatoms. The lowest BCUT2D eigenvalue weighted by Gasteiger charge is -2.44. The maximum atomic E-state index is 14.9. The van der Waals surface area contributed by atoms with Crippen LogP contribution in [0.25, 0.3) is 0 Å². The molecule has 2 unspecified atom stereocenters. The monoisotopic (exact) mass is 411 g/mol. The lowest BCUT2D eigenvalue weighted by molar-refractivity contribution is 0.00886. The third kappa shape index (κ3) is 3.69. The summed E-state index contributed by atoms with van der Waals surface area (Å²) in [4.78, 5) is 21.1. The summed E-state index contributed by atoms with van der Waals surface area (Å²) in [5, 5.41) is 12.0. The lowest BCUT2D eigenvalue weighted by atomic mass is 9.75. The highest BCUT2D eigenvalue weighted by molar-refractivity contribution is 8.13. The number of nitriles is 1. The highest BCUT2D eigenvalue weighted by atomic mass is 32.2. The smallest absolute Gasteiger partial charge is 0.274 e. The summed E-state index contributed by atoms with van der Waals surface area (Å²) in [6.07, 6.45) is 1.85. The average molecular weight is 411 g/mol. The number of amidine groups is 1. The van der Waals surface area contributed by atoms with Crippen LogP contribution in [0.2, 0.25) is 0 Å². The molecule has 2 aliphatic rings. The predicted octanol–water partition coefficient (Wildman–Crippen LogP) is 2.64. The number of thioether (sulfide) groups is 1. The topological polar surface area (TPSA) is 113 Å². The Morgan fingerprint density at radius 2 is 2.28 bits per heavy atom. The van der Waals surface area contributed by atoms with E-state index in [4.69, 9.17) is 15.7 Å². The molecule has 7 nitrogen and oxygen atoms in total. The van der Waals surface area contributed by atoms with Crippen molar-refractivity contribution in [1.29, 1.82) is 5.26 Å². The number of amides is 1. The SMILES string of the molecule is N#Cc1ccc(C(=O)Nc2ccc(F)c(C34CCOCC3CSC(N)=N4)c2)nc1. The van der Waals surface area contributed by atoms with Crippen LogP contribution in [0.15, 0.2) is 41.5 Å². The van der Waals surface area contributed by atoms with Crippen LogP contribution < -0.4 is 11.1 Å². The van der Waals surface area contributed by atoms with Gasteiger partial charge in [-0.15, -0.1) is 0 Å². The number of hydrogen-bond donors (Lipinski definition) is 2. The van der Waals surface area contributed by atoms with Gasteiger partial charge in [0.2, 0.25) is 0 Å². The number of carbonyl (C=O) groups excluding carboxylic acids is 1. The Balaban J connectivity index is 1.66. The fraction of sp³-hybridized carbons (Fsp3) is 0.300. The molecule has 2 aromatic rings. The molecular weight excluding hydrogens is 393 g/mol. The number of carbonyl (C=O) groups is 1. The van der Waals surface area contributed by atoms with Crippen molar-refractivity contribution in [3.63, 3.8) is 0 Å². The summed E-state index contributed by atoms with van der Waals surface area (Å²) in [5.41, 5.74) is 6.54. The van der Waals surface area contributed by atoms with Gasteiger partial charge in [0.15, 0.2) is 5.17 Å². The van der Waals surface area contributed by atoms with Crippen molar-refractivity contribution in [2.24, 2.45) is 16.6 Å². The van der Waals surface area contributed by atoms with Crippen molar-refractivity contribution >= 4 is 28.5 Å². The zero-order chi connectivity index (χ0) is 20.4. The molecule has 0 saturated carbocycles. The van der Waals surface area contributed by atoms with E-state index in [-0.39, 0.29) is 11.6 Å². The van der Waals surface area contributed by atoms with Crippen LogP contribution in [0, 0.1) is 23.1 Å². The first-order valence-corrected chi connectivity index (χ1v) is 10.0.